The number of fused-ring (bicyclic) bond motifs is 1. The lowest BCUT2D eigenvalue weighted by molar-refractivity contribution is -0.129. The molecule has 1 aliphatic rings. The van der Waals surface area contributed by atoms with E-state index >= 15 is 0 Å². The molecule has 2 aromatic heterocycles. The summed E-state index contributed by atoms with van der Waals surface area (Å²) in [5.74, 6) is 1.55. The van der Waals surface area contributed by atoms with Gasteiger partial charge in [0.05, 0.1) is 25.6 Å². The van der Waals surface area contributed by atoms with E-state index in [0.717, 1.165) is 15.8 Å². The zero-order valence-corrected chi connectivity index (χ0v) is 19.7. The monoisotopic (exact) mass is 500 g/mol. The van der Waals surface area contributed by atoms with Gasteiger partial charge in [-0.05, 0) is 53.5 Å². The van der Waals surface area contributed by atoms with Gasteiger partial charge in [0.1, 0.15) is 23.1 Å². The molecule has 32 heavy (non-hydrogen) atoms. The Morgan fingerprint density at radius 2 is 2.06 bits per heavy atom. The van der Waals surface area contributed by atoms with Crippen LogP contribution in [0.15, 0.2) is 52.4 Å². The van der Waals surface area contributed by atoms with Crippen molar-refractivity contribution in [3.8, 4) is 11.5 Å². The van der Waals surface area contributed by atoms with Gasteiger partial charge in [0.15, 0.2) is 0 Å². The molecule has 0 aliphatic carbocycles. The van der Waals surface area contributed by atoms with E-state index in [9.17, 15) is 4.79 Å². The lowest BCUT2D eigenvalue weighted by Gasteiger charge is -2.27. The van der Waals surface area contributed by atoms with E-state index in [0.29, 0.717) is 29.8 Å². The van der Waals surface area contributed by atoms with E-state index in [1.807, 2.05) is 49.1 Å². The first-order chi connectivity index (χ1) is 15.4. The Labute approximate surface area is 194 Å². The standard InChI is InChI=1S/C23H25BrN4O4/c1-14(16-4-6-20(31-3)7-5-16)27-12-17(8-22(27)29)15(2)32-21-9-19(24)13-28-23(21)18(10-25-28)11-26-30/h4-7,9-11,13-15,17,30H,8,12H2,1-3H3/b26-11-/t14-,15-,17-/m1/s1. The van der Waals surface area contributed by atoms with E-state index in [1.54, 1.807) is 24.0 Å². The number of methoxy groups -OCH3 is 1. The molecule has 1 aromatic carbocycles. The molecular weight excluding hydrogens is 476 g/mol. The van der Waals surface area contributed by atoms with Crippen molar-refractivity contribution in [1.82, 2.24) is 14.5 Å². The number of oxime groups is 1. The number of hydrogen-bond donors (Lipinski definition) is 1. The number of carbonyl (C=O) groups is 1. The van der Waals surface area contributed by atoms with Crippen molar-refractivity contribution in [2.45, 2.75) is 32.4 Å². The van der Waals surface area contributed by atoms with Crippen LogP contribution in [0.5, 0.6) is 11.5 Å². The number of halogens is 1. The second-order valence-electron chi connectivity index (χ2n) is 7.94. The number of likely N-dealkylation sites (tertiary alicyclic amines) is 1. The summed E-state index contributed by atoms with van der Waals surface area (Å²) in [5.41, 5.74) is 2.40. The van der Waals surface area contributed by atoms with Crippen molar-refractivity contribution in [2.75, 3.05) is 13.7 Å². The van der Waals surface area contributed by atoms with Crippen LogP contribution >= 0.6 is 15.9 Å². The maximum atomic E-state index is 12.8. The Morgan fingerprint density at radius 1 is 1.31 bits per heavy atom. The second-order valence-corrected chi connectivity index (χ2v) is 8.86. The van der Waals surface area contributed by atoms with Crippen LogP contribution in [0.2, 0.25) is 0 Å². The fourth-order valence-electron chi connectivity index (χ4n) is 4.13. The smallest absolute Gasteiger partial charge is 0.223 e. The number of hydrogen-bond acceptors (Lipinski definition) is 6. The number of aromatic nitrogens is 2. The number of amides is 1. The van der Waals surface area contributed by atoms with E-state index in [4.69, 9.17) is 14.7 Å². The van der Waals surface area contributed by atoms with Crippen molar-refractivity contribution in [3.05, 3.63) is 58.3 Å². The second kappa shape index (κ2) is 9.20. The van der Waals surface area contributed by atoms with Gasteiger partial charge in [-0.25, -0.2) is 4.52 Å². The van der Waals surface area contributed by atoms with Gasteiger partial charge < -0.3 is 19.6 Å². The summed E-state index contributed by atoms with van der Waals surface area (Å²) in [6.07, 6.45) is 4.95. The SMILES string of the molecule is COc1ccc([C@@H](C)N2C[C@H]([C@@H](C)Oc3cc(Br)cn4ncc(/C=N\O)c34)CC2=O)cc1. The molecule has 0 saturated carbocycles. The van der Waals surface area contributed by atoms with Gasteiger partial charge in [0, 0.05) is 35.1 Å². The molecule has 9 heteroatoms. The Hall–Kier alpha value is -3.07. The third-order valence-corrected chi connectivity index (χ3v) is 6.43. The lowest BCUT2D eigenvalue weighted by Crippen LogP contribution is -2.31. The third kappa shape index (κ3) is 4.29. The number of ether oxygens (including phenoxy) is 2. The van der Waals surface area contributed by atoms with Gasteiger partial charge >= 0.3 is 0 Å². The quantitative estimate of drug-likeness (QED) is 0.297. The Kier molecular flexibility index (Phi) is 6.36. The number of nitrogens with zero attached hydrogens (tertiary/aromatic N) is 4. The molecule has 1 aliphatic heterocycles. The van der Waals surface area contributed by atoms with Crippen LogP contribution in [0.3, 0.4) is 0 Å². The molecule has 3 atom stereocenters. The number of pyridine rings is 1. The summed E-state index contributed by atoms with van der Waals surface area (Å²) in [5, 5.41) is 16.4. The summed E-state index contributed by atoms with van der Waals surface area (Å²) >= 11 is 3.48. The molecule has 0 spiro atoms. The van der Waals surface area contributed by atoms with E-state index in [2.05, 4.69) is 26.2 Å². The van der Waals surface area contributed by atoms with Gasteiger partial charge in [-0.15, -0.1) is 0 Å². The molecule has 0 bridgehead atoms. The maximum absolute atomic E-state index is 12.8. The van der Waals surface area contributed by atoms with Crippen LogP contribution in [0.4, 0.5) is 0 Å². The van der Waals surface area contributed by atoms with Crippen molar-refractivity contribution in [1.29, 1.82) is 0 Å². The molecule has 3 aromatic rings. The van der Waals surface area contributed by atoms with Crippen LogP contribution in [0.25, 0.3) is 5.52 Å². The zero-order chi connectivity index (χ0) is 22.8. The number of carbonyl (C=O) groups excluding carboxylic acids is 1. The number of benzene rings is 1. The molecule has 1 saturated heterocycles. The molecule has 1 amide bonds. The molecule has 0 unspecified atom stereocenters. The average molecular weight is 501 g/mol. The van der Waals surface area contributed by atoms with Gasteiger partial charge in [-0.1, -0.05) is 17.3 Å². The molecular formula is C23H25BrN4O4. The Bertz CT molecular complexity index is 1140. The van der Waals surface area contributed by atoms with Crippen molar-refractivity contribution in [3.63, 3.8) is 0 Å². The fraction of sp³-hybridized carbons (Fsp3) is 0.348. The fourth-order valence-corrected chi connectivity index (χ4v) is 4.53. The van der Waals surface area contributed by atoms with Crippen molar-refractivity contribution < 1.29 is 19.5 Å². The summed E-state index contributed by atoms with van der Waals surface area (Å²) in [4.78, 5) is 14.7. The first-order valence-corrected chi connectivity index (χ1v) is 11.1. The van der Waals surface area contributed by atoms with E-state index in [1.165, 1.54) is 6.21 Å². The normalized spacial score (nSPS) is 18.4. The summed E-state index contributed by atoms with van der Waals surface area (Å²) in [6.45, 7) is 4.63. The highest BCUT2D eigenvalue weighted by Crippen LogP contribution is 2.34. The third-order valence-electron chi connectivity index (χ3n) is 6.00. The van der Waals surface area contributed by atoms with Gasteiger partial charge in [-0.3, -0.25) is 4.79 Å². The maximum Gasteiger partial charge on any atom is 0.223 e. The molecule has 168 valence electrons. The minimum atomic E-state index is -0.209. The summed E-state index contributed by atoms with van der Waals surface area (Å²) < 4.78 is 14.0. The largest absolute Gasteiger partial charge is 0.497 e. The Balaban J connectivity index is 1.52. The van der Waals surface area contributed by atoms with Crippen LogP contribution < -0.4 is 9.47 Å². The molecule has 4 rings (SSSR count). The van der Waals surface area contributed by atoms with Gasteiger partial charge in [-0.2, -0.15) is 5.10 Å². The van der Waals surface area contributed by atoms with E-state index < -0.39 is 0 Å². The minimum absolute atomic E-state index is 0.0367. The highest BCUT2D eigenvalue weighted by Gasteiger charge is 2.37. The predicted octanol–water partition coefficient (Wildman–Crippen LogP) is 4.29. The predicted molar refractivity (Wildman–Crippen MR) is 124 cm³/mol. The van der Waals surface area contributed by atoms with Crippen molar-refractivity contribution >= 4 is 33.6 Å². The molecule has 3 heterocycles. The molecule has 0 radical (unpaired) electrons. The van der Waals surface area contributed by atoms with Gasteiger partial charge in [0.25, 0.3) is 0 Å². The zero-order valence-electron chi connectivity index (χ0n) is 18.1. The molecule has 1 fully saturated rings. The van der Waals surface area contributed by atoms with Gasteiger partial charge in [0.2, 0.25) is 5.91 Å². The lowest BCUT2D eigenvalue weighted by atomic mass is 10.0. The van der Waals surface area contributed by atoms with E-state index in [-0.39, 0.29) is 24.0 Å². The van der Waals surface area contributed by atoms with Crippen LogP contribution in [0.1, 0.15) is 37.4 Å². The summed E-state index contributed by atoms with van der Waals surface area (Å²) in [7, 11) is 1.64. The number of rotatable bonds is 7. The van der Waals surface area contributed by atoms with Crippen LogP contribution in [-0.4, -0.2) is 51.6 Å². The first kappa shape index (κ1) is 22.1. The highest BCUT2D eigenvalue weighted by atomic mass is 79.9. The van der Waals surface area contributed by atoms with Crippen molar-refractivity contribution in [2.24, 2.45) is 11.1 Å². The summed E-state index contributed by atoms with van der Waals surface area (Å²) in [6, 6.07) is 9.62. The Morgan fingerprint density at radius 3 is 2.75 bits per heavy atom. The topological polar surface area (TPSA) is 88.7 Å². The van der Waals surface area contributed by atoms with Crippen LogP contribution in [-0.2, 0) is 4.79 Å². The van der Waals surface area contributed by atoms with Crippen LogP contribution in [0, 0.1) is 5.92 Å². The highest BCUT2D eigenvalue weighted by molar-refractivity contribution is 9.10. The first-order valence-electron chi connectivity index (χ1n) is 10.4. The minimum Gasteiger partial charge on any atom is -0.497 e. The molecule has 1 N–H and O–H groups in total. The molecule has 8 nitrogen and oxygen atoms in total. The average Bonchev–Trinajstić information content (AvgIpc) is 3.37.